The highest BCUT2D eigenvalue weighted by Gasteiger charge is 2.24. The lowest BCUT2D eigenvalue weighted by Crippen LogP contribution is -2.41. The van der Waals surface area contributed by atoms with Crippen molar-refractivity contribution >= 4 is 28.5 Å². The molecule has 0 spiro atoms. The van der Waals surface area contributed by atoms with Crippen LogP contribution in [0, 0.1) is 3.57 Å². The predicted molar refractivity (Wildman–Crippen MR) is 89.4 cm³/mol. The van der Waals surface area contributed by atoms with Gasteiger partial charge in [0.1, 0.15) is 5.75 Å². The topological polar surface area (TPSA) is 75.8 Å². The summed E-state index contributed by atoms with van der Waals surface area (Å²) in [7, 11) is 0. The van der Waals surface area contributed by atoms with Gasteiger partial charge in [-0.25, -0.2) is 0 Å². The van der Waals surface area contributed by atoms with Crippen LogP contribution in [0.5, 0.6) is 5.75 Å². The van der Waals surface area contributed by atoms with Crippen molar-refractivity contribution in [2.45, 2.75) is 25.4 Å². The van der Waals surface area contributed by atoms with Crippen molar-refractivity contribution in [3.63, 3.8) is 0 Å². The van der Waals surface area contributed by atoms with Crippen LogP contribution < -0.4 is 5.73 Å². The molecule has 1 amide bonds. The van der Waals surface area contributed by atoms with Crippen LogP contribution in [0.4, 0.5) is 0 Å². The zero-order valence-corrected chi connectivity index (χ0v) is 14.1. The van der Waals surface area contributed by atoms with Gasteiger partial charge in [0.05, 0.1) is 9.67 Å². The molecule has 2 rings (SSSR count). The molecule has 0 saturated carbocycles. The molecule has 1 aliphatic rings. The first-order valence-corrected chi connectivity index (χ1v) is 8.29. The van der Waals surface area contributed by atoms with Crippen molar-refractivity contribution in [2.24, 2.45) is 5.73 Å². The molecule has 0 unspecified atom stereocenters. The molecular weight excluding hydrogens is 383 g/mol. The van der Waals surface area contributed by atoms with E-state index in [0.717, 1.165) is 22.8 Å². The number of hydrogen-bond donors (Lipinski definition) is 2. The zero-order valence-electron chi connectivity index (χ0n) is 11.9. The average molecular weight is 404 g/mol. The number of nitrogens with two attached hydrogens (primary N) is 1. The molecule has 6 heteroatoms. The van der Waals surface area contributed by atoms with Crippen molar-refractivity contribution in [2.75, 3.05) is 26.2 Å². The number of rotatable bonds is 5. The summed E-state index contributed by atoms with van der Waals surface area (Å²) in [4.78, 5) is 14.2. The highest BCUT2D eigenvalue weighted by atomic mass is 127. The number of halogens is 1. The Hall–Kier alpha value is -0.860. The summed E-state index contributed by atoms with van der Waals surface area (Å²) < 4.78 is 6.48. The number of phenols is 1. The molecule has 0 aliphatic carbocycles. The van der Waals surface area contributed by atoms with Crippen molar-refractivity contribution in [1.29, 1.82) is 0 Å². The van der Waals surface area contributed by atoms with Crippen molar-refractivity contribution in [1.82, 2.24) is 4.90 Å². The number of phenolic OH excluding ortho intramolecular Hbond substituents is 1. The van der Waals surface area contributed by atoms with Crippen LogP contribution in [0.3, 0.4) is 0 Å². The van der Waals surface area contributed by atoms with Gasteiger partial charge in [-0.3, -0.25) is 4.79 Å². The molecule has 1 aromatic carbocycles. The zero-order chi connectivity index (χ0) is 15.2. The second-order valence-electron chi connectivity index (χ2n) is 5.17. The Balaban J connectivity index is 1.86. The Kier molecular flexibility index (Phi) is 6.25. The van der Waals surface area contributed by atoms with Gasteiger partial charge >= 0.3 is 0 Å². The smallest absolute Gasteiger partial charge is 0.253 e. The predicted octanol–water partition coefficient (Wildman–Crippen LogP) is 1.97. The molecule has 0 radical (unpaired) electrons. The number of aromatic hydroxyl groups is 1. The molecule has 0 aromatic heterocycles. The summed E-state index contributed by atoms with van der Waals surface area (Å²) in [6.07, 6.45) is 2.81. The first-order valence-electron chi connectivity index (χ1n) is 7.21. The lowest BCUT2D eigenvalue weighted by molar-refractivity contribution is 0.00843. The van der Waals surface area contributed by atoms with E-state index >= 15 is 0 Å². The first-order chi connectivity index (χ1) is 10.1. The maximum absolute atomic E-state index is 12.4. The molecule has 1 heterocycles. The van der Waals surface area contributed by atoms with E-state index in [2.05, 4.69) is 0 Å². The first kappa shape index (κ1) is 16.5. The molecule has 3 N–H and O–H groups in total. The Bertz CT molecular complexity index is 488. The van der Waals surface area contributed by atoms with E-state index in [1.807, 2.05) is 27.5 Å². The van der Waals surface area contributed by atoms with Gasteiger partial charge in [-0.05, 0) is 66.6 Å². The Morgan fingerprint density at radius 3 is 2.76 bits per heavy atom. The van der Waals surface area contributed by atoms with E-state index in [-0.39, 0.29) is 17.8 Å². The van der Waals surface area contributed by atoms with E-state index in [1.165, 1.54) is 6.07 Å². The molecule has 1 saturated heterocycles. The lowest BCUT2D eigenvalue weighted by atomic mass is 10.1. The highest BCUT2D eigenvalue weighted by Crippen LogP contribution is 2.23. The quantitative estimate of drug-likeness (QED) is 0.581. The van der Waals surface area contributed by atoms with E-state index in [1.54, 1.807) is 12.1 Å². The fourth-order valence-corrected chi connectivity index (χ4v) is 2.72. The van der Waals surface area contributed by atoms with E-state index in [4.69, 9.17) is 10.5 Å². The second-order valence-corrected chi connectivity index (χ2v) is 6.33. The minimum atomic E-state index is -0.0258. The third-order valence-electron chi connectivity index (χ3n) is 3.62. The van der Waals surface area contributed by atoms with Crippen LogP contribution in [-0.4, -0.2) is 48.3 Å². The number of amides is 1. The second kappa shape index (κ2) is 7.95. The molecular formula is C15H21IN2O3. The molecule has 0 bridgehead atoms. The maximum Gasteiger partial charge on any atom is 0.253 e. The van der Waals surface area contributed by atoms with Gasteiger partial charge in [-0.1, -0.05) is 0 Å². The molecule has 1 aromatic rings. The number of nitrogens with zero attached hydrogens (tertiary/aromatic N) is 1. The third-order valence-corrected chi connectivity index (χ3v) is 4.54. The van der Waals surface area contributed by atoms with E-state index in [9.17, 15) is 9.90 Å². The van der Waals surface area contributed by atoms with Gasteiger partial charge in [-0.2, -0.15) is 0 Å². The van der Waals surface area contributed by atoms with E-state index in [0.29, 0.717) is 31.8 Å². The average Bonchev–Trinajstić information content (AvgIpc) is 2.50. The largest absolute Gasteiger partial charge is 0.507 e. The SMILES string of the molecule is NCCCOC1CCN(C(=O)c2ccc(I)c(O)c2)CC1. The van der Waals surface area contributed by atoms with Crippen LogP contribution in [-0.2, 0) is 4.74 Å². The monoisotopic (exact) mass is 404 g/mol. The summed E-state index contributed by atoms with van der Waals surface area (Å²) >= 11 is 2.04. The molecule has 5 nitrogen and oxygen atoms in total. The van der Waals surface area contributed by atoms with Gasteiger partial charge in [-0.15, -0.1) is 0 Å². The number of likely N-dealkylation sites (tertiary alicyclic amines) is 1. The van der Waals surface area contributed by atoms with E-state index < -0.39 is 0 Å². The highest BCUT2D eigenvalue weighted by molar-refractivity contribution is 14.1. The van der Waals surface area contributed by atoms with Crippen molar-refractivity contribution in [3.05, 3.63) is 27.3 Å². The van der Waals surface area contributed by atoms with Gasteiger partial charge in [0.2, 0.25) is 0 Å². The van der Waals surface area contributed by atoms with Gasteiger partial charge in [0, 0.05) is 25.3 Å². The van der Waals surface area contributed by atoms with Gasteiger partial charge in [0.15, 0.2) is 0 Å². The number of carbonyl (C=O) groups is 1. The Labute approximate surface area is 138 Å². The van der Waals surface area contributed by atoms with Crippen LogP contribution >= 0.6 is 22.6 Å². The molecule has 116 valence electrons. The minimum Gasteiger partial charge on any atom is -0.507 e. The summed E-state index contributed by atoms with van der Waals surface area (Å²) in [5.74, 6) is 0.128. The fourth-order valence-electron chi connectivity index (χ4n) is 2.39. The Morgan fingerprint density at radius 1 is 1.43 bits per heavy atom. The summed E-state index contributed by atoms with van der Waals surface area (Å²) in [5.41, 5.74) is 5.98. The lowest BCUT2D eigenvalue weighted by Gasteiger charge is -2.32. The number of piperidine rings is 1. The van der Waals surface area contributed by atoms with Gasteiger partial charge < -0.3 is 20.5 Å². The van der Waals surface area contributed by atoms with Crippen LogP contribution in [0.15, 0.2) is 18.2 Å². The summed E-state index contributed by atoms with van der Waals surface area (Å²) in [6.45, 7) is 2.73. The number of benzene rings is 1. The van der Waals surface area contributed by atoms with Crippen molar-refractivity contribution in [3.8, 4) is 5.75 Å². The van der Waals surface area contributed by atoms with Crippen LogP contribution in [0.25, 0.3) is 0 Å². The Morgan fingerprint density at radius 2 is 2.14 bits per heavy atom. The maximum atomic E-state index is 12.4. The fraction of sp³-hybridized carbons (Fsp3) is 0.533. The van der Waals surface area contributed by atoms with Crippen molar-refractivity contribution < 1.29 is 14.6 Å². The number of carbonyl (C=O) groups excluding carboxylic acids is 1. The molecule has 1 fully saturated rings. The summed E-state index contributed by atoms with van der Waals surface area (Å²) in [6, 6.07) is 5.05. The van der Waals surface area contributed by atoms with Crippen LogP contribution in [0.2, 0.25) is 0 Å². The minimum absolute atomic E-state index is 0.0258. The standard InChI is InChI=1S/C15H21IN2O3/c16-13-3-2-11(10-14(13)19)15(20)18-7-4-12(5-8-18)21-9-1-6-17/h2-3,10,12,19H,1,4-9,17H2. The molecule has 21 heavy (non-hydrogen) atoms. The van der Waals surface area contributed by atoms with Crippen LogP contribution in [0.1, 0.15) is 29.6 Å². The summed E-state index contributed by atoms with van der Waals surface area (Å²) in [5, 5.41) is 9.70. The third kappa shape index (κ3) is 4.55. The molecule has 1 aliphatic heterocycles. The normalized spacial score (nSPS) is 16.2. The molecule has 0 atom stereocenters. The number of ether oxygens (including phenoxy) is 1. The van der Waals surface area contributed by atoms with Gasteiger partial charge in [0.25, 0.3) is 5.91 Å². The number of hydrogen-bond acceptors (Lipinski definition) is 4.